The van der Waals surface area contributed by atoms with E-state index in [1.165, 1.54) is 11.1 Å². The summed E-state index contributed by atoms with van der Waals surface area (Å²) in [7, 11) is -3.68. The van der Waals surface area contributed by atoms with Gasteiger partial charge in [0.25, 0.3) is 0 Å². The quantitative estimate of drug-likeness (QED) is 0.332. The molecule has 38 heavy (non-hydrogen) atoms. The van der Waals surface area contributed by atoms with Gasteiger partial charge in [0.15, 0.2) is 0 Å². The molecule has 0 atom stereocenters. The minimum atomic E-state index is -3.68. The molecule has 0 aliphatic carbocycles. The van der Waals surface area contributed by atoms with Crippen LogP contribution in [-0.4, -0.2) is 52.5 Å². The van der Waals surface area contributed by atoms with Gasteiger partial charge in [0.2, 0.25) is 21.9 Å². The molecule has 4 aromatic rings. The van der Waals surface area contributed by atoms with Crippen molar-refractivity contribution in [2.75, 3.05) is 18.4 Å². The van der Waals surface area contributed by atoms with Gasteiger partial charge in [-0.25, -0.2) is 22.6 Å². The van der Waals surface area contributed by atoms with E-state index in [1.54, 1.807) is 28.9 Å². The fraction of sp³-hybridized carbons (Fsp3) is 0.296. The highest BCUT2D eigenvalue weighted by Crippen LogP contribution is 2.27. The highest BCUT2D eigenvalue weighted by atomic mass is 32.2. The predicted molar refractivity (Wildman–Crippen MR) is 146 cm³/mol. The fourth-order valence-electron chi connectivity index (χ4n) is 4.64. The summed E-state index contributed by atoms with van der Waals surface area (Å²) in [5.74, 6) is 0.0952. The Labute approximate surface area is 221 Å². The van der Waals surface area contributed by atoms with Crippen LogP contribution in [0.4, 0.5) is 11.6 Å². The Bertz CT molecular complexity index is 1620. The molecule has 1 amide bonds. The second kappa shape index (κ2) is 9.82. The number of fused-ring (bicyclic) bond motifs is 2. The summed E-state index contributed by atoms with van der Waals surface area (Å²) in [5.41, 5.74) is 10.2. The second-order valence-electron chi connectivity index (χ2n) is 10.6. The maximum atomic E-state index is 12.9. The monoisotopic (exact) mass is 533 g/mol. The van der Waals surface area contributed by atoms with Crippen molar-refractivity contribution < 1.29 is 13.2 Å². The van der Waals surface area contributed by atoms with Gasteiger partial charge in [0, 0.05) is 29.9 Å². The van der Waals surface area contributed by atoms with E-state index in [9.17, 15) is 13.2 Å². The average Bonchev–Trinajstić information content (AvgIpc) is 3.26. The van der Waals surface area contributed by atoms with Crippen LogP contribution in [-0.2, 0) is 27.8 Å². The first-order valence-electron chi connectivity index (χ1n) is 12.4. The van der Waals surface area contributed by atoms with Crippen molar-refractivity contribution >= 4 is 33.1 Å². The molecular weight excluding hydrogens is 502 g/mol. The topological polar surface area (TPSA) is 135 Å². The zero-order chi connectivity index (χ0) is 27.1. The first-order chi connectivity index (χ1) is 18.0. The highest BCUT2D eigenvalue weighted by Gasteiger charge is 2.23. The third kappa shape index (κ3) is 5.69. The lowest BCUT2D eigenvalue weighted by Gasteiger charge is -2.27. The zero-order valence-electron chi connectivity index (χ0n) is 21.6. The fourth-order valence-corrected chi connectivity index (χ4v) is 6.10. The molecule has 0 saturated carbocycles. The van der Waals surface area contributed by atoms with E-state index in [4.69, 9.17) is 5.73 Å². The molecule has 10 nitrogen and oxygen atoms in total. The summed E-state index contributed by atoms with van der Waals surface area (Å²) in [5, 5.41) is 7.97. The van der Waals surface area contributed by atoms with Gasteiger partial charge >= 0.3 is 0 Å². The molecular formula is C27H31N7O3S. The summed E-state index contributed by atoms with van der Waals surface area (Å²) >= 11 is 0. The van der Waals surface area contributed by atoms with Crippen LogP contribution in [0.5, 0.6) is 0 Å². The van der Waals surface area contributed by atoms with Gasteiger partial charge in [-0.3, -0.25) is 9.69 Å². The molecule has 0 saturated heterocycles. The number of carbonyl (C=O) groups is 1. The number of aromatic nitrogens is 3. The number of nitrogens with zero attached hydrogens (tertiary/aromatic N) is 4. The summed E-state index contributed by atoms with van der Waals surface area (Å²) in [6.07, 6.45) is 2.55. The molecule has 2 aromatic carbocycles. The molecule has 1 aliphatic rings. The Morgan fingerprint density at radius 2 is 1.89 bits per heavy atom. The third-order valence-corrected chi connectivity index (χ3v) is 7.97. The summed E-state index contributed by atoms with van der Waals surface area (Å²) < 4.78 is 30.2. The zero-order valence-corrected chi connectivity index (χ0v) is 22.4. The van der Waals surface area contributed by atoms with Gasteiger partial charge in [-0.2, -0.15) is 0 Å². The molecule has 4 N–H and O–H groups in total. The van der Waals surface area contributed by atoms with Crippen LogP contribution in [0.3, 0.4) is 0 Å². The first kappa shape index (κ1) is 25.8. The van der Waals surface area contributed by atoms with E-state index >= 15 is 0 Å². The van der Waals surface area contributed by atoms with Crippen LogP contribution >= 0.6 is 0 Å². The molecule has 0 unspecified atom stereocenters. The van der Waals surface area contributed by atoms with Crippen molar-refractivity contribution in [3.63, 3.8) is 0 Å². The Morgan fingerprint density at radius 1 is 1.08 bits per heavy atom. The number of sulfonamides is 1. The lowest BCUT2D eigenvalue weighted by Crippen LogP contribution is -2.40. The molecule has 1 aliphatic heterocycles. The normalized spacial score (nSPS) is 14.4. The number of anilines is 2. The van der Waals surface area contributed by atoms with Gasteiger partial charge in [0.1, 0.15) is 0 Å². The van der Waals surface area contributed by atoms with Gasteiger partial charge in [0.05, 0.1) is 28.8 Å². The van der Waals surface area contributed by atoms with Crippen LogP contribution in [0.1, 0.15) is 31.9 Å². The van der Waals surface area contributed by atoms with E-state index in [0.717, 1.165) is 35.4 Å². The Hall–Kier alpha value is -3.80. The van der Waals surface area contributed by atoms with Crippen LogP contribution in [0.15, 0.2) is 65.7 Å². The lowest BCUT2D eigenvalue weighted by atomic mass is 9.99. The summed E-state index contributed by atoms with van der Waals surface area (Å²) in [6, 6.07) is 16.7. The maximum absolute atomic E-state index is 12.9. The van der Waals surface area contributed by atoms with Crippen LogP contribution < -0.4 is 15.8 Å². The lowest BCUT2D eigenvalue weighted by molar-refractivity contribution is -0.119. The number of nitrogens with two attached hydrogens (primary N) is 1. The number of benzene rings is 2. The van der Waals surface area contributed by atoms with E-state index in [2.05, 4.69) is 26.2 Å². The Kier molecular flexibility index (Phi) is 6.68. The van der Waals surface area contributed by atoms with Crippen LogP contribution in [0.2, 0.25) is 0 Å². The van der Waals surface area contributed by atoms with Crippen LogP contribution in [0, 0.1) is 0 Å². The standard InChI is InChI=1S/C27H31N7O3S/c1-27(2,3)32-38(36,37)23-6-4-5-19(14-23)24-10-9-22-15-29-26(31-34(22)24)30-21-8-7-20-16-33(17-25(28)35)12-11-18(20)13-21/h4-10,13-15,32H,11-12,16-17H2,1-3H3,(H2,28,35)(H,30,31). The maximum Gasteiger partial charge on any atom is 0.245 e. The molecule has 3 heterocycles. The Morgan fingerprint density at radius 3 is 2.66 bits per heavy atom. The van der Waals surface area contributed by atoms with Crippen molar-refractivity contribution in [2.24, 2.45) is 5.73 Å². The molecule has 198 valence electrons. The number of carbonyl (C=O) groups excluding carboxylic acids is 1. The molecule has 2 aromatic heterocycles. The minimum absolute atomic E-state index is 0.190. The first-order valence-corrected chi connectivity index (χ1v) is 13.8. The molecule has 5 rings (SSSR count). The van der Waals surface area contributed by atoms with Crippen molar-refractivity contribution in [1.29, 1.82) is 0 Å². The number of nitrogens with one attached hydrogen (secondary N) is 2. The molecule has 0 fully saturated rings. The molecule has 0 bridgehead atoms. The van der Waals surface area contributed by atoms with Crippen LogP contribution in [0.25, 0.3) is 16.8 Å². The van der Waals surface area contributed by atoms with Gasteiger partial charge in [-0.1, -0.05) is 18.2 Å². The smallest absolute Gasteiger partial charge is 0.245 e. The number of hydrogen-bond donors (Lipinski definition) is 3. The third-order valence-electron chi connectivity index (χ3n) is 6.21. The summed E-state index contributed by atoms with van der Waals surface area (Å²) in [4.78, 5) is 17.9. The van der Waals surface area contributed by atoms with Crippen molar-refractivity contribution in [3.8, 4) is 11.3 Å². The minimum Gasteiger partial charge on any atom is -0.369 e. The van der Waals surface area contributed by atoms with Gasteiger partial charge in [-0.05, 0) is 74.7 Å². The second-order valence-corrected chi connectivity index (χ2v) is 12.2. The van der Waals surface area contributed by atoms with Gasteiger partial charge < -0.3 is 11.1 Å². The van der Waals surface area contributed by atoms with Crippen molar-refractivity contribution in [3.05, 3.63) is 71.9 Å². The molecule has 0 radical (unpaired) electrons. The number of amides is 1. The predicted octanol–water partition coefficient (Wildman–Crippen LogP) is 3.06. The number of hydrogen-bond acceptors (Lipinski definition) is 7. The van der Waals surface area contributed by atoms with E-state index in [1.807, 2.05) is 56.0 Å². The summed E-state index contributed by atoms with van der Waals surface area (Å²) in [6.45, 7) is 7.14. The largest absolute Gasteiger partial charge is 0.369 e. The van der Waals surface area contributed by atoms with Crippen molar-refractivity contribution in [2.45, 2.75) is 44.2 Å². The Balaban J connectivity index is 1.40. The van der Waals surface area contributed by atoms with Gasteiger partial charge in [-0.15, -0.1) is 5.10 Å². The number of rotatable bonds is 7. The molecule has 0 spiro atoms. The SMILES string of the molecule is CC(C)(C)NS(=O)(=O)c1cccc(-c2ccc3cnc(Nc4ccc5c(c4)CCN(CC(N)=O)C5)nn23)c1. The van der Waals surface area contributed by atoms with E-state index < -0.39 is 15.6 Å². The van der Waals surface area contributed by atoms with E-state index in [-0.39, 0.29) is 17.3 Å². The van der Waals surface area contributed by atoms with E-state index in [0.29, 0.717) is 12.5 Å². The number of primary amides is 1. The molecule has 11 heteroatoms. The highest BCUT2D eigenvalue weighted by molar-refractivity contribution is 7.89. The van der Waals surface area contributed by atoms with Crippen molar-refractivity contribution in [1.82, 2.24) is 24.2 Å². The average molecular weight is 534 g/mol.